The van der Waals surface area contributed by atoms with Gasteiger partial charge >= 0.3 is 0 Å². The lowest BCUT2D eigenvalue weighted by molar-refractivity contribution is -0.134. The molecule has 0 unspecified atom stereocenters. The summed E-state index contributed by atoms with van der Waals surface area (Å²) >= 11 is 0. The summed E-state index contributed by atoms with van der Waals surface area (Å²) in [5.74, 6) is -0.583. The topological polar surface area (TPSA) is 74.6 Å². The highest BCUT2D eigenvalue weighted by molar-refractivity contribution is 6.35. The first-order valence-corrected chi connectivity index (χ1v) is 3.93. The minimum Gasteiger partial charge on any atom is -0.508 e. The predicted molar refractivity (Wildman–Crippen MR) is 51.1 cm³/mol. The van der Waals surface area contributed by atoms with Gasteiger partial charge in [-0.25, -0.2) is 0 Å². The monoisotopic (exact) mass is 196 g/mol. The van der Waals surface area contributed by atoms with Crippen LogP contribution in [-0.2, 0) is 9.59 Å². The second kappa shape index (κ2) is 5.75. The summed E-state index contributed by atoms with van der Waals surface area (Å²) in [5.41, 5.74) is 0. The molecule has 1 aromatic rings. The van der Waals surface area contributed by atoms with E-state index < -0.39 is 0 Å². The number of carbonyl (C=O) groups is 2. The van der Waals surface area contributed by atoms with E-state index in [9.17, 15) is 9.59 Å². The Morgan fingerprint density at radius 1 is 1.00 bits per heavy atom. The van der Waals surface area contributed by atoms with E-state index in [1.807, 2.05) is 0 Å². The Balaban J connectivity index is 0.000000255. The van der Waals surface area contributed by atoms with E-state index in [4.69, 9.17) is 10.2 Å². The molecule has 0 spiro atoms. The van der Waals surface area contributed by atoms with Crippen LogP contribution in [0.1, 0.15) is 13.8 Å². The summed E-state index contributed by atoms with van der Waals surface area (Å²) in [4.78, 5) is 19.6. The zero-order chi connectivity index (χ0) is 11.1. The SMILES string of the molecule is CC(=O)C(C)=O.Oc1cccc(O)c1. The van der Waals surface area contributed by atoms with Crippen molar-refractivity contribution in [2.24, 2.45) is 0 Å². The Morgan fingerprint density at radius 2 is 1.36 bits per heavy atom. The Morgan fingerprint density at radius 3 is 1.50 bits per heavy atom. The summed E-state index contributed by atoms with van der Waals surface area (Å²) in [6.45, 7) is 2.50. The number of aromatic hydroxyl groups is 2. The van der Waals surface area contributed by atoms with Crippen LogP contribution in [0.3, 0.4) is 0 Å². The lowest BCUT2D eigenvalue weighted by Crippen LogP contribution is -2.01. The molecule has 0 saturated heterocycles. The van der Waals surface area contributed by atoms with Crippen molar-refractivity contribution in [1.29, 1.82) is 0 Å². The van der Waals surface area contributed by atoms with Crippen molar-refractivity contribution in [3.8, 4) is 11.5 Å². The first-order chi connectivity index (χ1) is 6.43. The maximum Gasteiger partial charge on any atom is 0.195 e. The Bertz CT molecular complexity index is 301. The molecule has 76 valence electrons. The largest absolute Gasteiger partial charge is 0.508 e. The van der Waals surface area contributed by atoms with Crippen LogP contribution >= 0.6 is 0 Å². The number of benzene rings is 1. The van der Waals surface area contributed by atoms with E-state index in [0.717, 1.165) is 0 Å². The fraction of sp³-hybridized carbons (Fsp3) is 0.200. The number of ketones is 2. The highest BCUT2D eigenvalue weighted by Crippen LogP contribution is 2.14. The van der Waals surface area contributed by atoms with Gasteiger partial charge in [0, 0.05) is 19.9 Å². The Kier molecular flexibility index (Phi) is 4.99. The summed E-state index contributed by atoms with van der Waals surface area (Å²) in [5, 5.41) is 17.3. The number of rotatable bonds is 1. The zero-order valence-corrected chi connectivity index (χ0v) is 8.02. The average molecular weight is 196 g/mol. The van der Waals surface area contributed by atoms with Crippen molar-refractivity contribution in [3.63, 3.8) is 0 Å². The molecule has 0 atom stereocenters. The van der Waals surface area contributed by atoms with Crippen LogP contribution in [0.2, 0.25) is 0 Å². The maximum absolute atomic E-state index is 9.79. The molecule has 0 aromatic heterocycles. The Labute approximate surface area is 81.8 Å². The molecular formula is C10H12O4. The third kappa shape index (κ3) is 5.77. The standard InChI is InChI=1S/C6H6O2.C4H6O2/c7-5-2-1-3-6(8)4-5;1-3(5)4(2)6/h1-4,7-8H;1-2H3. The molecule has 0 fully saturated rings. The molecule has 0 heterocycles. The molecule has 0 aliphatic carbocycles. The molecule has 0 aliphatic rings. The van der Waals surface area contributed by atoms with Crippen molar-refractivity contribution in [2.75, 3.05) is 0 Å². The van der Waals surface area contributed by atoms with Crippen LogP contribution in [0, 0.1) is 0 Å². The van der Waals surface area contributed by atoms with Crippen LogP contribution in [0.15, 0.2) is 24.3 Å². The van der Waals surface area contributed by atoms with Gasteiger partial charge in [0.2, 0.25) is 0 Å². The summed E-state index contributed by atoms with van der Waals surface area (Å²) < 4.78 is 0. The first-order valence-electron chi connectivity index (χ1n) is 3.93. The quantitative estimate of drug-likeness (QED) is 0.663. The summed E-state index contributed by atoms with van der Waals surface area (Å²) in [6, 6.07) is 5.85. The number of carbonyl (C=O) groups excluding carboxylic acids is 2. The zero-order valence-electron chi connectivity index (χ0n) is 8.02. The van der Waals surface area contributed by atoms with Crippen LogP contribution in [0.25, 0.3) is 0 Å². The van der Waals surface area contributed by atoms with E-state index in [-0.39, 0.29) is 23.1 Å². The minimum atomic E-state index is -0.380. The normalized spacial score (nSPS) is 8.43. The highest BCUT2D eigenvalue weighted by Gasteiger charge is 1.94. The van der Waals surface area contributed by atoms with Crippen molar-refractivity contribution in [1.82, 2.24) is 0 Å². The van der Waals surface area contributed by atoms with Gasteiger partial charge < -0.3 is 10.2 Å². The number of phenolic OH excluding ortho intramolecular Hbond substituents is 2. The van der Waals surface area contributed by atoms with Gasteiger partial charge in [-0.15, -0.1) is 0 Å². The van der Waals surface area contributed by atoms with Crippen molar-refractivity contribution >= 4 is 11.6 Å². The molecular weight excluding hydrogens is 184 g/mol. The molecule has 0 aliphatic heterocycles. The molecule has 4 heteroatoms. The number of phenols is 2. The van der Waals surface area contributed by atoms with Gasteiger partial charge in [-0.3, -0.25) is 9.59 Å². The van der Waals surface area contributed by atoms with E-state index in [1.54, 1.807) is 6.07 Å². The number of hydrogen-bond donors (Lipinski definition) is 2. The van der Waals surface area contributed by atoms with Crippen molar-refractivity contribution in [3.05, 3.63) is 24.3 Å². The first kappa shape index (κ1) is 12.2. The third-order valence-corrected chi connectivity index (χ3v) is 1.33. The van der Waals surface area contributed by atoms with Crippen LogP contribution in [-0.4, -0.2) is 21.8 Å². The smallest absolute Gasteiger partial charge is 0.195 e. The molecule has 14 heavy (non-hydrogen) atoms. The van der Waals surface area contributed by atoms with Gasteiger partial charge in [-0.2, -0.15) is 0 Å². The molecule has 0 bridgehead atoms. The van der Waals surface area contributed by atoms with Gasteiger partial charge in [0.15, 0.2) is 11.6 Å². The molecule has 2 N–H and O–H groups in total. The number of Topliss-reactive ketones (excluding diaryl/α,β-unsaturated/α-hetero) is 2. The van der Waals surface area contributed by atoms with E-state index >= 15 is 0 Å². The fourth-order valence-corrected chi connectivity index (χ4v) is 0.493. The van der Waals surface area contributed by atoms with Gasteiger partial charge in [0.25, 0.3) is 0 Å². The molecule has 0 radical (unpaired) electrons. The van der Waals surface area contributed by atoms with Gasteiger partial charge in [0.1, 0.15) is 11.5 Å². The van der Waals surface area contributed by atoms with Gasteiger partial charge in [-0.05, 0) is 12.1 Å². The number of hydrogen-bond acceptors (Lipinski definition) is 4. The van der Waals surface area contributed by atoms with Gasteiger partial charge in [0.05, 0.1) is 0 Å². The van der Waals surface area contributed by atoms with Crippen molar-refractivity contribution in [2.45, 2.75) is 13.8 Å². The van der Waals surface area contributed by atoms with Crippen LogP contribution in [0.4, 0.5) is 0 Å². The van der Waals surface area contributed by atoms with E-state index in [0.29, 0.717) is 0 Å². The summed E-state index contributed by atoms with van der Waals surface area (Å²) in [7, 11) is 0. The molecule has 4 nitrogen and oxygen atoms in total. The van der Waals surface area contributed by atoms with Crippen LogP contribution < -0.4 is 0 Å². The lowest BCUT2D eigenvalue weighted by Gasteiger charge is -1.89. The van der Waals surface area contributed by atoms with Crippen molar-refractivity contribution < 1.29 is 19.8 Å². The van der Waals surface area contributed by atoms with Gasteiger partial charge in [-0.1, -0.05) is 6.07 Å². The third-order valence-electron chi connectivity index (χ3n) is 1.33. The second-order valence-electron chi connectivity index (χ2n) is 2.63. The molecule has 1 rings (SSSR count). The predicted octanol–water partition coefficient (Wildman–Crippen LogP) is 1.26. The minimum absolute atomic E-state index is 0.0880. The summed E-state index contributed by atoms with van der Waals surface area (Å²) in [6.07, 6.45) is 0. The fourth-order valence-electron chi connectivity index (χ4n) is 0.493. The van der Waals surface area contributed by atoms with E-state index in [1.165, 1.54) is 32.0 Å². The average Bonchev–Trinajstić information content (AvgIpc) is 2.04. The lowest BCUT2D eigenvalue weighted by atomic mass is 10.3. The second-order valence-corrected chi connectivity index (χ2v) is 2.63. The van der Waals surface area contributed by atoms with Crippen LogP contribution in [0.5, 0.6) is 11.5 Å². The Hall–Kier alpha value is -1.84. The molecule has 0 saturated carbocycles. The molecule has 0 amide bonds. The molecule has 1 aromatic carbocycles. The maximum atomic E-state index is 9.79. The highest BCUT2D eigenvalue weighted by atomic mass is 16.3. The van der Waals surface area contributed by atoms with E-state index in [2.05, 4.69) is 0 Å².